The molecular weight excluding hydrogens is 214 g/mol. The van der Waals surface area contributed by atoms with Gasteiger partial charge in [0, 0.05) is 0 Å². The summed E-state index contributed by atoms with van der Waals surface area (Å²) < 4.78 is 5.25. The molecule has 78 valence electrons. The van der Waals surface area contributed by atoms with Crippen molar-refractivity contribution in [2.24, 2.45) is 0 Å². The molecule has 15 heavy (non-hydrogen) atoms. The van der Waals surface area contributed by atoms with Crippen molar-refractivity contribution in [2.45, 2.75) is 13.0 Å². The summed E-state index contributed by atoms with van der Waals surface area (Å²) in [6.45, 7) is 1.98. The molecule has 0 radical (unpaired) electrons. The predicted octanol–water partition coefficient (Wildman–Crippen LogP) is 2.90. The van der Waals surface area contributed by atoms with Gasteiger partial charge < -0.3 is 9.73 Å². The van der Waals surface area contributed by atoms with Crippen molar-refractivity contribution in [1.29, 1.82) is 0 Å². The van der Waals surface area contributed by atoms with E-state index in [1.165, 1.54) is 0 Å². The number of nitrogens with one attached hydrogen (secondary N) is 1. The van der Waals surface area contributed by atoms with Crippen molar-refractivity contribution in [2.75, 3.05) is 5.32 Å². The molecule has 1 unspecified atom stereocenters. The van der Waals surface area contributed by atoms with Gasteiger partial charge in [0.15, 0.2) is 5.15 Å². The number of furan rings is 1. The lowest BCUT2D eigenvalue weighted by Gasteiger charge is -2.10. The monoisotopic (exact) mass is 223 g/mol. The quantitative estimate of drug-likeness (QED) is 0.869. The van der Waals surface area contributed by atoms with Crippen molar-refractivity contribution < 1.29 is 4.42 Å². The minimum Gasteiger partial charge on any atom is -0.467 e. The molecule has 2 aromatic heterocycles. The number of rotatable bonds is 3. The number of anilines is 1. The summed E-state index contributed by atoms with van der Waals surface area (Å²) in [4.78, 5) is 0. The van der Waals surface area contributed by atoms with E-state index < -0.39 is 0 Å². The standard InChI is InChI=1S/C10H10ClN3O/c1-7(8-3-2-6-15-8)12-10-5-4-9(11)13-14-10/h2-7H,1H3,(H,12,14). The average Bonchev–Trinajstić information content (AvgIpc) is 2.74. The Hall–Kier alpha value is -1.55. The number of hydrogen-bond acceptors (Lipinski definition) is 4. The van der Waals surface area contributed by atoms with Crippen LogP contribution in [0.4, 0.5) is 5.82 Å². The molecule has 0 aliphatic carbocycles. The third-order valence-electron chi connectivity index (χ3n) is 1.97. The van der Waals surface area contributed by atoms with Crippen LogP contribution in [0, 0.1) is 0 Å². The van der Waals surface area contributed by atoms with Crippen molar-refractivity contribution in [3.8, 4) is 0 Å². The minimum absolute atomic E-state index is 0.0514. The maximum absolute atomic E-state index is 5.63. The van der Waals surface area contributed by atoms with E-state index in [1.807, 2.05) is 19.1 Å². The molecular formula is C10H10ClN3O. The summed E-state index contributed by atoms with van der Waals surface area (Å²) in [5, 5.41) is 11.2. The molecule has 2 heterocycles. The fourth-order valence-electron chi connectivity index (χ4n) is 1.22. The zero-order valence-electron chi connectivity index (χ0n) is 8.14. The summed E-state index contributed by atoms with van der Waals surface area (Å²) in [5.74, 6) is 1.52. The van der Waals surface area contributed by atoms with Crippen LogP contribution >= 0.6 is 11.6 Å². The maximum Gasteiger partial charge on any atom is 0.151 e. The Morgan fingerprint density at radius 2 is 2.20 bits per heavy atom. The van der Waals surface area contributed by atoms with Gasteiger partial charge in [0.1, 0.15) is 11.6 Å². The SMILES string of the molecule is CC(Nc1ccc(Cl)nn1)c1ccco1. The van der Waals surface area contributed by atoms with Gasteiger partial charge in [-0.2, -0.15) is 0 Å². The summed E-state index contributed by atoms with van der Waals surface area (Å²) in [6, 6.07) is 7.26. The highest BCUT2D eigenvalue weighted by Crippen LogP contribution is 2.17. The Balaban J connectivity index is 2.06. The van der Waals surface area contributed by atoms with Crippen LogP contribution in [0.15, 0.2) is 34.9 Å². The van der Waals surface area contributed by atoms with Gasteiger partial charge in [-0.25, -0.2) is 0 Å². The lowest BCUT2D eigenvalue weighted by molar-refractivity contribution is 0.490. The Morgan fingerprint density at radius 3 is 2.80 bits per heavy atom. The van der Waals surface area contributed by atoms with Crippen LogP contribution in [0.25, 0.3) is 0 Å². The van der Waals surface area contributed by atoms with E-state index in [4.69, 9.17) is 16.0 Å². The molecule has 0 fully saturated rings. The van der Waals surface area contributed by atoms with Crippen molar-refractivity contribution in [1.82, 2.24) is 10.2 Å². The first kappa shape index (κ1) is 9.98. The van der Waals surface area contributed by atoms with Gasteiger partial charge in [0.25, 0.3) is 0 Å². The number of aromatic nitrogens is 2. The van der Waals surface area contributed by atoms with Gasteiger partial charge >= 0.3 is 0 Å². The van der Waals surface area contributed by atoms with Crippen molar-refractivity contribution >= 4 is 17.4 Å². The van der Waals surface area contributed by atoms with Crippen molar-refractivity contribution in [3.63, 3.8) is 0 Å². The van der Waals surface area contributed by atoms with Crippen LogP contribution in [0.1, 0.15) is 18.7 Å². The van der Waals surface area contributed by atoms with E-state index in [9.17, 15) is 0 Å². The molecule has 1 atom stereocenters. The molecule has 0 bridgehead atoms. The molecule has 0 saturated carbocycles. The fraction of sp³-hybridized carbons (Fsp3) is 0.200. The summed E-state index contributed by atoms with van der Waals surface area (Å²) in [6.07, 6.45) is 1.64. The van der Waals surface area contributed by atoms with Crippen LogP contribution in [-0.4, -0.2) is 10.2 Å². The highest BCUT2D eigenvalue weighted by atomic mass is 35.5. The van der Waals surface area contributed by atoms with E-state index in [1.54, 1.807) is 18.4 Å². The first-order valence-electron chi connectivity index (χ1n) is 4.55. The first-order valence-corrected chi connectivity index (χ1v) is 4.92. The zero-order valence-corrected chi connectivity index (χ0v) is 8.90. The normalized spacial score (nSPS) is 12.4. The molecule has 0 aliphatic heterocycles. The Kier molecular flexibility index (Phi) is 2.87. The first-order chi connectivity index (χ1) is 7.25. The second-order valence-electron chi connectivity index (χ2n) is 3.12. The third-order valence-corrected chi connectivity index (χ3v) is 2.17. The number of halogens is 1. The van der Waals surface area contributed by atoms with E-state index in [0.717, 1.165) is 5.76 Å². The van der Waals surface area contributed by atoms with Gasteiger partial charge in [-0.15, -0.1) is 10.2 Å². The molecule has 2 aromatic rings. The molecule has 0 aliphatic rings. The average molecular weight is 224 g/mol. The fourth-order valence-corrected chi connectivity index (χ4v) is 1.32. The number of nitrogens with zero attached hydrogens (tertiary/aromatic N) is 2. The van der Waals surface area contributed by atoms with Gasteiger partial charge in [0.05, 0.1) is 12.3 Å². The number of hydrogen-bond donors (Lipinski definition) is 1. The highest BCUT2D eigenvalue weighted by Gasteiger charge is 2.08. The summed E-state index contributed by atoms with van der Waals surface area (Å²) in [5.41, 5.74) is 0. The zero-order chi connectivity index (χ0) is 10.7. The molecule has 1 N–H and O–H groups in total. The van der Waals surface area contributed by atoms with Gasteiger partial charge in [-0.05, 0) is 31.2 Å². The van der Waals surface area contributed by atoms with Crippen LogP contribution in [0.5, 0.6) is 0 Å². The van der Waals surface area contributed by atoms with Gasteiger partial charge in [0.2, 0.25) is 0 Å². The molecule has 2 rings (SSSR count). The van der Waals surface area contributed by atoms with E-state index in [0.29, 0.717) is 11.0 Å². The van der Waals surface area contributed by atoms with Crippen LogP contribution in [0.3, 0.4) is 0 Å². The molecule has 4 nitrogen and oxygen atoms in total. The molecule has 0 aromatic carbocycles. The topological polar surface area (TPSA) is 51.0 Å². The Labute approximate surface area is 92.3 Å². The van der Waals surface area contributed by atoms with Crippen LogP contribution in [0.2, 0.25) is 5.15 Å². The van der Waals surface area contributed by atoms with E-state index in [2.05, 4.69) is 15.5 Å². The van der Waals surface area contributed by atoms with Crippen LogP contribution < -0.4 is 5.32 Å². The van der Waals surface area contributed by atoms with Gasteiger partial charge in [-0.1, -0.05) is 11.6 Å². The Bertz CT molecular complexity index is 413. The summed E-state index contributed by atoms with van der Waals surface area (Å²) >= 11 is 5.63. The lowest BCUT2D eigenvalue weighted by Crippen LogP contribution is -2.07. The van der Waals surface area contributed by atoms with E-state index in [-0.39, 0.29) is 6.04 Å². The second kappa shape index (κ2) is 4.31. The second-order valence-corrected chi connectivity index (χ2v) is 3.51. The van der Waals surface area contributed by atoms with E-state index >= 15 is 0 Å². The minimum atomic E-state index is 0.0514. The summed E-state index contributed by atoms with van der Waals surface area (Å²) in [7, 11) is 0. The smallest absolute Gasteiger partial charge is 0.151 e. The largest absolute Gasteiger partial charge is 0.467 e. The highest BCUT2D eigenvalue weighted by molar-refractivity contribution is 6.29. The molecule has 0 spiro atoms. The molecule has 0 amide bonds. The maximum atomic E-state index is 5.63. The lowest BCUT2D eigenvalue weighted by atomic mass is 10.2. The Morgan fingerprint density at radius 1 is 1.33 bits per heavy atom. The van der Waals surface area contributed by atoms with Crippen LogP contribution in [-0.2, 0) is 0 Å². The predicted molar refractivity (Wildman–Crippen MR) is 57.8 cm³/mol. The van der Waals surface area contributed by atoms with Crippen molar-refractivity contribution in [3.05, 3.63) is 41.4 Å². The molecule has 5 heteroatoms. The molecule has 0 saturated heterocycles. The third kappa shape index (κ3) is 2.47. The van der Waals surface area contributed by atoms with Gasteiger partial charge in [-0.3, -0.25) is 0 Å².